The first-order valence-corrected chi connectivity index (χ1v) is 10.0. The van der Waals surface area contributed by atoms with Crippen molar-refractivity contribution >= 4 is 40.4 Å². The fourth-order valence-electron chi connectivity index (χ4n) is 3.55. The van der Waals surface area contributed by atoms with E-state index in [1.807, 2.05) is 61.2 Å². The molecule has 1 aliphatic rings. The SMILES string of the molecule is COc1cc(Cl)c(C)cc1NC(=O)CCC(=O)C(C#N)=C1N(C)c2ccccc2N1C. The Morgan fingerprint density at radius 2 is 1.74 bits per heavy atom. The lowest BCUT2D eigenvalue weighted by molar-refractivity contribution is -0.120. The number of Topliss-reactive ketones (excluding diaryl/α,β-unsaturated/α-hetero) is 1. The Balaban J connectivity index is 1.73. The molecule has 3 rings (SSSR count). The minimum absolute atomic E-state index is 0.0221. The number of nitrogens with one attached hydrogen (secondary N) is 1. The lowest BCUT2D eigenvalue weighted by Gasteiger charge is -2.20. The van der Waals surface area contributed by atoms with Crippen LogP contribution in [0.25, 0.3) is 0 Å². The van der Waals surface area contributed by atoms with Crippen molar-refractivity contribution in [3.05, 3.63) is 58.4 Å². The normalized spacial score (nSPS) is 12.3. The molecule has 0 radical (unpaired) electrons. The number of aryl methyl sites for hydroxylation is 1. The van der Waals surface area contributed by atoms with Gasteiger partial charge in [0.15, 0.2) is 5.78 Å². The third-order valence-corrected chi connectivity index (χ3v) is 5.60. The molecule has 1 heterocycles. The summed E-state index contributed by atoms with van der Waals surface area (Å²) in [6.07, 6.45) is -0.159. The number of fused-ring (bicyclic) bond motifs is 1. The summed E-state index contributed by atoms with van der Waals surface area (Å²) in [6, 6.07) is 13.0. The van der Waals surface area contributed by atoms with E-state index >= 15 is 0 Å². The number of hydrogen-bond acceptors (Lipinski definition) is 6. The second-order valence-corrected chi connectivity index (χ2v) is 7.60. The quantitative estimate of drug-likeness (QED) is 0.535. The summed E-state index contributed by atoms with van der Waals surface area (Å²) < 4.78 is 5.26. The molecule has 0 unspecified atom stereocenters. The number of methoxy groups -OCH3 is 1. The molecule has 0 saturated heterocycles. The van der Waals surface area contributed by atoms with Crippen LogP contribution < -0.4 is 19.9 Å². The smallest absolute Gasteiger partial charge is 0.224 e. The highest BCUT2D eigenvalue weighted by atomic mass is 35.5. The number of ether oxygens (including phenoxy) is 1. The van der Waals surface area contributed by atoms with Crippen LogP contribution in [0.5, 0.6) is 5.75 Å². The van der Waals surface area contributed by atoms with Gasteiger partial charge in [0.05, 0.1) is 24.2 Å². The van der Waals surface area contributed by atoms with Gasteiger partial charge in [-0.1, -0.05) is 23.7 Å². The van der Waals surface area contributed by atoms with Crippen LogP contribution in [0.2, 0.25) is 5.02 Å². The topological polar surface area (TPSA) is 85.7 Å². The van der Waals surface area contributed by atoms with Crippen LogP contribution in [0.3, 0.4) is 0 Å². The number of ketones is 1. The van der Waals surface area contributed by atoms with Gasteiger partial charge in [0.2, 0.25) is 5.91 Å². The number of amides is 1. The van der Waals surface area contributed by atoms with Crippen molar-refractivity contribution in [2.75, 3.05) is 36.3 Å². The number of carbonyl (C=O) groups excluding carboxylic acids is 2. The summed E-state index contributed by atoms with van der Waals surface area (Å²) in [4.78, 5) is 28.9. The zero-order valence-electron chi connectivity index (χ0n) is 17.8. The molecule has 1 N–H and O–H groups in total. The minimum Gasteiger partial charge on any atom is -0.495 e. The molecular formula is C23H23ClN4O3. The van der Waals surface area contributed by atoms with Crippen molar-refractivity contribution in [1.29, 1.82) is 5.26 Å². The molecule has 2 aromatic carbocycles. The maximum absolute atomic E-state index is 12.8. The van der Waals surface area contributed by atoms with E-state index in [4.69, 9.17) is 16.3 Å². The zero-order chi connectivity index (χ0) is 22.7. The number of carbonyl (C=O) groups is 2. The standard InChI is InChI=1S/C23H23ClN4O3/c1-14-11-17(21(31-4)12-16(14)24)26-22(30)10-9-20(29)15(13-25)23-27(2)18-7-5-6-8-19(18)28(23)3/h5-8,11-12H,9-10H2,1-4H3,(H,26,30). The Hall–Kier alpha value is -3.50. The van der Waals surface area contributed by atoms with Gasteiger partial charge in [0.1, 0.15) is 23.2 Å². The van der Waals surface area contributed by atoms with Crippen molar-refractivity contribution in [3.8, 4) is 11.8 Å². The fourth-order valence-corrected chi connectivity index (χ4v) is 3.71. The molecule has 0 spiro atoms. The minimum atomic E-state index is -0.390. The van der Waals surface area contributed by atoms with E-state index in [0.29, 0.717) is 22.3 Å². The van der Waals surface area contributed by atoms with E-state index in [2.05, 4.69) is 5.32 Å². The number of rotatable bonds is 6. The van der Waals surface area contributed by atoms with Crippen LogP contribution in [0.1, 0.15) is 18.4 Å². The Morgan fingerprint density at radius 1 is 1.13 bits per heavy atom. The molecule has 1 aliphatic heterocycles. The maximum Gasteiger partial charge on any atom is 0.224 e. The highest BCUT2D eigenvalue weighted by Crippen LogP contribution is 2.40. The maximum atomic E-state index is 12.8. The molecule has 0 atom stereocenters. The van der Waals surface area contributed by atoms with E-state index in [-0.39, 0.29) is 24.3 Å². The Labute approximate surface area is 186 Å². The van der Waals surface area contributed by atoms with Crippen LogP contribution in [0.4, 0.5) is 17.1 Å². The number of hydrogen-bond donors (Lipinski definition) is 1. The average Bonchev–Trinajstić information content (AvgIpc) is 3.01. The summed E-state index contributed by atoms with van der Waals surface area (Å²) in [5.74, 6) is 0.191. The zero-order valence-corrected chi connectivity index (χ0v) is 18.6. The number of nitriles is 1. The molecule has 160 valence electrons. The Bertz CT molecular complexity index is 1090. The van der Waals surface area contributed by atoms with E-state index in [1.54, 1.807) is 12.1 Å². The van der Waals surface area contributed by atoms with E-state index in [9.17, 15) is 14.9 Å². The molecular weight excluding hydrogens is 416 g/mol. The summed E-state index contributed by atoms with van der Waals surface area (Å²) in [6.45, 7) is 1.82. The van der Waals surface area contributed by atoms with Crippen molar-refractivity contribution in [1.82, 2.24) is 0 Å². The lowest BCUT2D eigenvalue weighted by atomic mass is 10.1. The fraction of sp³-hybridized carbons (Fsp3) is 0.261. The monoisotopic (exact) mass is 438 g/mol. The first-order chi connectivity index (χ1) is 14.8. The van der Waals surface area contributed by atoms with Gasteiger partial charge < -0.3 is 19.9 Å². The largest absolute Gasteiger partial charge is 0.495 e. The Kier molecular flexibility index (Phi) is 6.52. The van der Waals surface area contributed by atoms with Crippen molar-refractivity contribution in [2.24, 2.45) is 0 Å². The highest BCUT2D eigenvalue weighted by molar-refractivity contribution is 6.31. The second-order valence-electron chi connectivity index (χ2n) is 7.19. The number of benzene rings is 2. The molecule has 0 bridgehead atoms. The van der Waals surface area contributed by atoms with Gasteiger partial charge in [-0.05, 0) is 30.7 Å². The van der Waals surface area contributed by atoms with Crippen LogP contribution in [-0.4, -0.2) is 32.9 Å². The predicted molar refractivity (Wildman–Crippen MR) is 121 cm³/mol. The van der Waals surface area contributed by atoms with Gasteiger partial charge in [-0.3, -0.25) is 9.59 Å². The van der Waals surface area contributed by atoms with Gasteiger partial charge >= 0.3 is 0 Å². The van der Waals surface area contributed by atoms with Crippen molar-refractivity contribution < 1.29 is 14.3 Å². The van der Waals surface area contributed by atoms with Gasteiger partial charge in [0, 0.05) is 38.0 Å². The van der Waals surface area contributed by atoms with Crippen LogP contribution >= 0.6 is 11.6 Å². The average molecular weight is 439 g/mol. The summed E-state index contributed by atoms with van der Waals surface area (Å²) >= 11 is 6.09. The van der Waals surface area contributed by atoms with Gasteiger partial charge in [-0.15, -0.1) is 0 Å². The lowest BCUT2D eigenvalue weighted by Crippen LogP contribution is -2.26. The van der Waals surface area contributed by atoms with Crippen molar-refractivity contribution in [3.63, 3.8) is 0 Å². The molecule has 0 fully saturated rings. The number of halogens is 1. The Morgan fingerprint density at radius 3 is 2.29 bits per heavy atom. The van der Waals surface area contributed by atoms with E-state index in [0.717, 1.165) is 16.9 Å². The number of nitrogens with zero attached hydrogens (tertiary/aromatic N) is 3. The number of para-hydroxylation sites is 2. The van der Waals surface area contributed by atoms with Crippen LogP contribution in [0.15, 0.2) is 47.8 Å². The van der Waals surface area contributed by atoms with Crippen LogP contribution in [0, 0.1) is 18.3 Å². The van der Waals surface area contributed by atoms with E-state index < -0.39 is 5.78 Å². The molecule has 0 aliphatic carbocycles. The van der Waals surface area contributed by atoms with Gasteiger partial charge in [-0.25, -0.2) is 0 Å². The molecule has 2 aromatic rings. The molecule has 8 heteroatoms. The molecule has 7 nitrogen and oxygen atoms in total. The second kappa shape index (κ2) is 9.11. The predicted octanol–water partition coefficient (Wildman–Crippen LogP) is 4.27. The third-order valence-electron chi connectivity index (χ3n) is 5.19. The number of anilines is 3. The molecule has 0 aromatic heterocycles. The summed E-state index contributed by atoms with van der Waals surface area (Å²) in [7, 11) is 5.10. The highest BCUT2D eigenvalue weighted by Gasteiger charge is 2.31. The first kappa shape index (κ1) is 22.2. The third kappa shape index (κ3) is 4.35. The summed E-state index contributed by atoms with van der Waals surface area (Å²) in [5.41, 5.74) is 3.10. The molecule has 0 saturated carbocycles. The van der Waals surface area contributed by atoms with Crippen LogP contribution in [-0.2, 0) is 9.59 Å². The van der Waals surface area contributed by atoms with Crippen molar-refractivity contribution in [2.45, 2.75) is 19.8 Å². The number of allylic oxidation sites excluding steroid dienone is 1. The first-order valence-electron chi connectivity index (χ1n) is 9.66. The van der Waals surface area contributed by atoms with Gasteiger partial charge in [-0.2, -0.15) is 5.26 Å². The van der Waals surface area contributed by atoms with Gasteiger partial charge in [0.25, 0.3) is 0 Å². The van der Waals surface area contributed by atoms with E-state index in [1.165, 1.54) is 7.11 Å². The molecule has 31 heavy (non-hydrogen) atoms. The molecule has 1 amide bonds. The summed E-state index contributed by atoms with van der Waals surface area (Å²) in [5, 5.41) is 13.0.